The maximum absolute atomic E-state index is 12.5. The standard InChI is InChI=1S/C27H33ClN2O4/c1-18(16-32-2)29-26(31)23-8-6-20(15-24(23)28)19-7-9-25-21(14-19)17-33-27(34-25)10-12-30(13-11-27)22-4-3-5-22/h6-9,14-15,18,22H,3-5,10-13,16-17H2,1-2H3,(H,29,31)/t18-/m0/s1. The largest absolute Gasteiger partial charge is 0.462 e. The van der Waals surface area contributed by atoms with Crippen LogP contribution in [0, 0.1) is 0 Å². The van der Waals surface area contributed by atoms with Crippen LogP contribution >= 0.6 is 11.6 Å². The number of carbonyl (C=O) groups is 1. The molecule has 1 atom stereocenters. The van der Waals surface area contributed by atoms with Gasteiger partial charge in [0.05, 0.1) is 23.8 Å². The number of likely N-dealkylation sites (tertiary alicyclic amines) is 1. The molecule has 6 nitrogen and oxygen atoms in total. The van der Waals surface area contributed by atoms with Gasteiger partial charge in [0, 0.05) is 50.7 Å². The first-order valence-electron chi connectivity index (χ1n) is 12.3. The van der Waals surface area contributed by atoms with Gasteiger partial charge >= 0.3 is 0 Å². The first-order chi connectivity index (χ1) is 16.5. The Morgan fingerprint density at radius 1 is 1.21 bits per heavy atom. The van der Waals surface area contributed by atoms with Gasteiger partial charge in [0.15, 0.2) is 0 Å². The molecule has 0 bridgehead atoms. The number of carbonyl (C=O) groups excluding carboxylic acids is 1. The second kappa shape index (κ2) is 9.86. The second-order valence-electron chi connectivity index (χ2n) is 9.77. The van der Waals surface area contributed by atoms with Crippen LogP contribution in [0.15, 0.2) is 36.4 Å². The molecule has 1 saturated carbocycles. The fourth-order valence-corrected chi connectivity index (χ4v) is 5.38. The normalized spacial score (nSPS) is 20.8. The average molecular weight is 485 g/mol. The number of nitrogens with zero attached hydrogens (tertiary/aromatic N) is 1. The van der Waals surface area contributed by atoms with Crippen molar-refractivity contribution in [3.63, 3.8) is 0 Å². The molecule has 1 spiro atoms. The number of amides is 1. The molecule has 2 aliphatic heterocycles. The van der Waals surface area contributed by atoms with Crippen molar-refractivity contribution in [2.45, 2.75) is 63.5 Å². The third-order valence-corrected chi connectivity index (χ3v) is 7.65. The van der Waals surface area contributed by atoms with Gasteiger partial charge in [-0.1, -0.05) is 30.2 Å². The van der Waals surface area contributed by atoms with E-state index in [0.717, 1.165) is 54.4 Å². The minimum atomic E-state index is -0.493. The molecule has 34 heavy (non-hydrogen) atoms. The minimum absolute atomic E-state index is 0.0948. The number of hydrogen-bond donors (Lipinski definition) is 1. The summed E-state index contributed by atoms with van der Waals surface area (Å²) in [7, 11) is 1.61. The fraction of sp³-hybridized carbons (Fsp3) is 0.519. The van der Waals surface area contributed by atoms with Gasteiger partial charge in [-0.3, -0.25) is 9.69 Å². The highest BCUT2D eigenvalue weighted by Crippen LogP contribution is 2.40. The lowest BCUT2D eigenvalue weighted by Crippen LogP contribution is -2.54. The molecule has 1 amide bonds. The quantitative estimate of drug-likeness (QED) is 0.623. The zero-order valence-electron chi connectivity index (χ0n) is 19.9. The number of hydrogen-bond acceptors (Lipinski definition) is 5. The Hall–Kier alpha value is -2.12. The molecule has 5 rings (SSSR count). The summed E-state index contributed by atoms with van der Waals surface area (Å²) < 4.78 is 17.8. The van der Waals surface area contributed by atoms with Crippen LogP contribution in [0.2, 0.25) is 5.02 Å². The summed E-state index contributed by atoms with van der Waals surface area (Å²) in [5, 5.41) is 3.32. The zero-order valence-corrected chi connectivity index (χ0v) is 20.7. The number of fused-ring (bicyclic) bond motifs is 1. The summed E-state index contributed by atoms with van der Waals surface area (Å²) >= 11 is 6.48. The summed E-state index contributed by atoms with van der Waals surface area (Å²) in [5.41, 5.74) is 3.45. The van der Waals surface area contributed by atoms with Crippen molar-refractivity contribution in [3.8, 4) is 16.9 Å². The number of methoxy groups -OCH3 is 1. The molecule has 2 aromatic carbocycles. The van der Waals surface area contributed by atoms with E-state index in [1.807, 2.05) is 31.2 Å². The van der Waals surface area contributed by atoms with E-state index >= 15 is 0 Å². The summed E-state index contributed by atoms with van der Waals surface area (Å²) in [5.74, 6) is 0.204. The molecule has 2 aromatic rings. The average Bonchev–Trinajstić information content (AvgIpc) is 2.79. The van der Waals surface area contributed by atoms with E-state index in [0.29, 0.717) is 23.8 Å². The molecular formula is C27H33ClN2O4. The smallest absolute Gasteiger partial charge is 0.253 e. The van der Waals surface area contributed by atoms with Crippen molar-refractivity contribution in [2.24, 2.45) is 0 Å². The third kappa shape index (κ3) is 4.82. The molecule has 2 fully saturated rings. The van der Waals surface area contributed by atoms with Gasteiger partial charge in [0.2, 0.25) is 5.79 Å². The fourth-order valence-electron chi connectivity index (χ4n) is 5.11. The lowest BCUT2D eigenvalue weighted by molar-refractivity contribution is -0.231. The van der Waals surface area contributed by atoms with E-state index in [-0.39, 0.29) is 11.9 Å². The molecule has 0 radical (unpaired) electrons. The third-order valence-electron chi connectivity index (χ3n) is 7.34. The van der Waals surface area contributed by atoms with E-state index in [1.54, 1.807) is 13.2 Å². The Balaban J connectivity index is 1.26. The molecule has 0 unspecified atom stereocenters. The van der Waals surface area contributed by atoms with Crippen molar-refractivity contribution in [1.29, 1.82) is 0 Å². The number of piperidine rings is 1. The molecule has 182 valence electrons. The van der Waals surface area contributed by atoms with Gasteiger partial charge in [-0.25, -0.2) is 0 Å². The number of halogens is 1. The Morgan fingerprint density at radius 3 is 2.62 bits per heavy atom. The maximum atomic E-state index is 12.5. The summed E-state index contributed by atoms with van der Waals surface area (Å²) in [6, 6.07) is 12.4. The molecule has 7 heteroatoms. The highest BCUT2D eigenvalue weighted by molar-refractivity contribution is 6.34. The minimum Gasteiger partial charge on any atom is -0.462 e. The van der Waals surface area contributed by atoms with E-state index in [2.05, 4.69) is 16.3 Å². The Kier molecular flexibility index (Phi) is 6.85. The van der Waals surface area contributed by atoms with Crippen molar-refractivity contribution in [3.05, 3.63) is 52.5 Å². The lowest BCUT2D eigenvalue weighted by Gasteiger charge is -2.47. The molecule has 2 heterocycles. The van der Waals surface area contributed by atoms with Crippen LogP contribution in [0.3, 0.4) is 0 Å². The van der Waals surface area contributed by atoms with Crippen LogP contribution in [0.4, 0.5) is 0 Å². The van der Waals surface area contributed by atoms with Gasteiger partial charge in [-0.05, 0) is 55.2 Å². The van der Waals surface area contributed by atoms with E-state index < -0.39 is 5.79 Å². The summed E-state index contributed by atoms with van der Waals surface area (Å²) in [4.78, 5) is 15.1. The number of ether oxygens (including phenoxy) is 3. The van der Waals surface area contributed by atoms with Gasteiger partial charge in [0.25, 0.3) is 5.91 Å². The van der Waals surface area contributed by atoms with Gasteiger partial charge in [-0.2, -0.15) is 0 Å². The number of rotatable bonds is 6. The lowest BCUT2D eigenvalue weighted by atomic mass is 9.89. The summed E-state index contributed by atoms with van der Waals surface area (Å²) in [6.07, 6.45) is 5.86. The van der Waals surface area contributed by atoms with E-state index in [4.69, 9.17) is 25.8 Å². The molecule has 3 aliphatic rings. The van der Waals surface area contributed by atoms with Crippen LogP contribution in [-0.2, 0) is 16.1 Å². The van der Waals surface area contributed by atoms with Gasteiger partial charge in [0.1, 0.15) is 5.75 Å². The predicted octanol–water partition coefficient (Wildman–Crippen LogP) is 5.03. The van der Waals surface area contributed by atoms with Crippen molar-refractivity contribution < 1.29 is 19.0 Å². The first-order valence-corrected chi connectivity index (χ1v) is 12.6. The molecule has 1 saturated heterocycles. The van der Waals surface area contributed by atoms with Gasteiger partial charge < -0.3 is 19.5 Å². The maximum Gasteiger partial charge on any atom is 0.253 e. The number of nitrogens with one attached hydrogen (secondary N) is 1. The molecule has 1 N–H and O–H groups in total. The second-order valence-corrected chi connectivity index (χ2v) is 10.2. The Bertz CT molecular complexity index is 1050. The first kappa shape index (κ1) is 23.6. The van der Waals surface area contributed by atoms with Crippen molar-refractivity contribution in [2.75, 3.05) is 26.8 Å². The monoisotopic (exact) mass is 484 g/mol. The van der Waals surface area contributed by atoms with Crippen LogP contribution in [0.25, 0.3) is 11.1 Å². The summed E-state index contributed by atoms with van der Waals surface area (Å²) in [6.45, 7) is 4.96. The topological polar surface area (TPSA) is 60.0 Å². The molecule has 1 aliphatic carbocycles. The SMILES string of the molecule is COC[C@H](C)NC(=O)c1ccc(-c2ccc3c(c2)COC2(CCN(C4CCC4)CC2)O3)cc1Cl. The number of benzene rings is 2. The highest BCUT2D eigenvalue weighted by Gasteiger charge is 2.42. The molecular weight excluding hydrogens is 452 g/mol. The van der Waals surface area contributed by atoms with Crippen LogP contribution in [0.5, 0.6) is 5.75 Å². The molecule has 0 aromatic heterocycles. The Labute approximate surface area is 206 Å². The van der Waals surface area contributed by atoms with E-state index in [9.17, 15) is 4.79 Å². The zero-order chi connectivity index (χ0) is 23.7. The van der Waals surface area contributed by atoms with Crippen LogP contribution in [-0.4, -0.2) is 55.5 Å². The van der Waals surface area contributed by atoms with Crippen LogP contribution < -0.4 is 10.1 Å². The van der Waals surface area contributed by atoms with Gasteiger partial charge in [-0.15, -0.1) is 0 Å². The predicted molar refractivity (Wildman–Crippen MR) is 132 cm³/mol. The van der Waals surface area contributed by atoms with Crippen LogP contribution in [0.1, 0.15) is 54.9 Å². The Morgan fingerprint density at radius 2 is 1.94 bits per heavy atom. The van der Waals surface area contributed by atoms with E-state index in [1.165, 1.54) is 19.3 Å². The van der Waals surface area contributed by atoms with Crippen molar-refractivity contribution >= 4 is 17.5 Å². The highest BCUT2D eigenvalue weighted by atomic mass is 35.5. The van der Waals surface area contributed by atoms with Crippen molar-refractivity contribution in [1.82, 2.24) is 10.2 Å².